The SMILES string of the molecule is CCOC(=O)c1ccc(CN2CCC(=O)C2)cc1. The molecule has 0 saturated carbocycles. The second-order valence-corrected chi connectivity index (χ2v) is 4.42. The van der Waals surface area contributed by atoms with Crippen molar-refractivity contribution in [2.75, 3.05) is 19.7 Å². The molecule has 0 aromatic heterocycles. The third-order valence-corrected chi connectivity index (χ3v) is 2.98. The van der Waals surface area contributed by atoms with Gasteiger partial charge in [-0.25, -0.2) is 4.79 Å². The van der Waals surface area contributed by atoms with Gasteiger partial charge in [-0.1, -0.05) is 12.1 Å². The van der Waals surface area contributed by atoms with Gasteiger partial charge < -0.3 is 4.74 Å². The zero-order valence-corrected chi connectivity index (χ0v) is 10.5. The largest absolute Gasteiger partial charge is 0.462 e. The summed E-state index contributed by atoms with van der Waals surface area (Å²) < 4.78 is 4.92. The lowest BCUT2D eigenvalue weighted by Gasteiger charge is -2.13. The molecule has 0 bridgehead atoms. The number of ketones is 1. The number of carbonyl (C=O) groups excluding carboxylic acids is 2. The third-order valence-electron chi connectivity index (χ3n) is 2.98. The number of rotatable bonds is 4. The minimum absolute atomic E-state index is 0.291. The van der Waals surface area contributed by atoms with Crippen LogP contribution in [0.15, 0.2) is 24.3 Å². The standard InChI is InChI=1S/C14H17NO3/c1-2-18-14(17)12-5-3-11(4-6-12)9-15-8-7-13(16)10-15/h3-6H,2,7-10H2,1H3. The van der Waals surface area contributed by atoms with Gasteiger partial charge in [-0.15, -0.1) is 0 Å². The molecule has 18 heavy (non-hydrogen) atoms. The van der Waals surface area contributed by atoms with Crippen LogP contribution in [0.25, 0.3) is 0 Å². The van der Waals surface area contributed by atoms with Crippen LogP contribution in [-0.4, -0.2) is 36.3 Å². The van der Waals surface area contributed by atoms with Crippen LogP contribution in [0.2, 0.25) is 0 Å². The minimum Gasteiger partial charge on any atom is -0.462 e. The van der Waals surface area contributed by atoms with Crippen LogP contribution in [0, 0.1) is 0 Å². The van der Waals surface area contributed by atoms with Gasteiger partial charge in [0.1, 0.15) is 5.78 Å². The highest BCUT2D eigenvalue weighted by atomic mass is 16.5. The first-order valence-corrected chi connectivity index (χ1v) is 6.19. The van der Waals surface area contributed by atoms with Crippen molar-refractivity contribution in [2.24, 2.45) is 0 Å². The van der Waals surface area contributed by atoms with Crippen LogP contribution in [0.5, 0.6) is 0 Å². The molecule has 0 unspecified atom stereocenters. The molecule has 0 N–H and O–H groups in total. The first-order valence-electron chi connectivity index (χ1n) is 6.19. The lowest BCUT2D eigenvalue weighted by molar-refractivity contribution is -0.116. The first-order chi connectivity index (χ1) is 8.69. The van der Waals surface area contributed by atoms with Crippen molar-refractivity contribution in [2.45, 2.75) is 19.9 Å². The molecule has 1 aliphatic heterocycles. The van der Waals surface area contributed by atoms with Gasteiger partial charge in [0.05, 0.1) is 18.7 Å². The molecular formula is C14H17NO3. The molecule has 1 fully saturated rings. The summed E-state index contributed by atoms with van der Waals surface area (Å²) >= 11 is 0. The van der Waals surface area contributed by atoms with E-state index >= 15 is 0 Å². The molecule has 1 aliphatic rings. The van der Waals surface area contributed by atoms with Crippen molar-refractivity contribution in [1.29, 1.82) is 0 Å². The molecule has 0 spiro atoms. The Balaban J connectivity index is 1.95. The summed E-state index contributed by atoms with van der Waals surface area (Å²) in [6.07, 6.45) is 0.654. The highest BCUT2D eigenvalue weighted by Crippen LogP contribution is 2.12. The van der Waals surface area contributed by atoms with Crippen LogP contribution in [0.1, 0.15) is 29.3 Å². The molecule has 0 radical (unpaired) electrons. The summed E-state index contributed by atoms with van der Waals surface area (Å²) in [4.78, 5) is 24.7. The molecule has 0 aliphatic carbocycles. The van der Waals surface area contributed by atoms with Crippen LogP contribution >= 0.6 is 0 Å². The fourth-order valence-corrected chi connectivity index (χ4v) is 2.04. The highest BCUT2D eigenvalue weighted by Gasteiger charge is 2.19. The van der Waals surface area contributed by atoms with Gasteiger partial charge in [-0.3, -0.25) is 9.69 Å². The number of ether oxygens (including phenoxy) is 1. The first kappa shape index (κ1) is 12.8. The number of hydrogen-bond acceptors (Lipinski definition) is 4. The summed E-state index contributed by atoms with van der Waals surface area (Å²) in [6.45, 7) is 4.31. The number of likely N-dealkylation sites (tertiary alicyclic amines) is 1. The maximum Gasteiger partial charge on any atom is 0.338 e. The Morgan fingerprint density at radius 2 is 2.06 bits per heavy atom. The molecule has 1 aromatic rings. The number of carbonyl (C=O) groups is 2. The van der Waals surface area contributed by atoms with E-state index in [2.05, 4.69) is 4.90 Å². The van der Waals surface area contributed by atoms with Gasteiger partial charge in [0.25, 0.3) is 0 Å². The third kappa shape index (κ3) is 3.17. The van der Waals surface area contributed by atoms with E-state index in [0.717, 1.165) is 18.7 Å². The fourth-order valence-electron chi connectivity index (χ4n) is 2.04. The number of benzene rings is 1. The number of hydrogen-bond donors (Lipinski definition) is 0. The zero-order valence-electron chi connectivity index (χ0n) is 10.5. The van der Waals surface area contributed by atoms with E-state index in [-0.39, 0.29) is 5.97 Å². The smallest absolute Gasteiger partial charge is 0.338 e. The van der Waals surface area contributed by atoms with Gasteiger partial charge in [0.15, 0.2) is 0 Å². The van der Waals surface area contributed by atoms with Crippen LogP contribution in [-0.2, 0) is 16.1 Å². The van der Waals surface area contributed by atoms with Crippen molar-refractivity contribution in [1.82, 2.24) is 4.90 Å². The topological polar surface area (TPSA) is 46.6 Å². The highest BCUT2D eigenvalue weighted by molar-refractivity contribution is 5.89. The Morgan fingerprint density at radius 3 is 2.61 bits per heavy atom. The van der Waals surface area contributed by atoms with Gasteiger partial charge in [-0.2, -0.15) is 0 Å². The average Bonchev–Trinajstić information content (AvgIpc) is 2.76. The summed E-state index contributed by atoms with van der Waals surface area (Å²) in [5, 5.41) is 0. The number of nitrogens with zero attached hydrogens (tertiary/aromatic N) is 1. The van der Waals surface area contributed by atoms with Crippen molar-refractivity contribution in [3.8, 4) is 0 Å². The molecule has 4 heteroatoms. The van der Waals surface area contributed by atoms with E-state index in [4.69, 9.17) is 4.74 Å². The van der Waals surface area contributed by atoms with E-state index < -0.39 is 0 Å². The molecule has 0 atom stereocenters. The second-order valence-electron chi connectivity index (χ2n) is 4.42. The lowest BCUT2D eigenvalue weighted by atomic mass is 10.1. The van der Waals surface area contributed by atoms with Gasteiger partial charge in [0.2, 0.25) is 0 Å². The molecular weight excluding hydrogens is 230 g/mol. The Hall–Kier alpha value is -1.68. The summed E-state index contributed by atoms with van der Waals surface area (Å²) in [6, 6.07) is 7.36. The predicted molar refractivity (Wildman–Crippen MR) is 67.3 cm³/mol. The van der Waals surface area contributed by atoms with Gasteiger partial charge in [0, 0.05) is 19.5 Å². The predicted octanol–water partition coefficient (Wildman–Crippen LogP) is 1.64. The zero-order chi connectivity index (χ0) is 13.0. The summed E-state index contributed by atoms with van der Waals surface area (Å²) in [5.41, 5.74) is 1.68. The van der Waals surface area contributed by atoms with Crippen LogP contribution < -0.4 is 0 Å². The Kier molecular flexibility index (Phi) is 4.10. The maximum atomic E-state index is 11.5. The number of Topliss-reactive ketones (excluding diaryl/α,β-unsaturated/α-hetero) is 1. The second kappa shape index (κ2) is 5.78. The van der Waals surface area contributed by atoms with Crippen molar-refractivity contribution < 1.29 is 14.3 Å². The van der Waals surface area contributed by atoms with Crippen LogP contribution in [0.3, 0.4) is 0 Å². The van der Waals surface area contributed by atoms with Crippen molar-refractivity contribution >= 4 is 11.8 Å². The van der Waals surface area contributed by atoms with Gasteiger partial charge >= 0.3 is 5.97 Å². The molecule has 96 valence electrons. The molecule has 0 amide bonds. The van der Waals surface area contributed by atoms with Crippen molar-refractivity contribution in [3.05, 3.63) is 35.4 Å². The maximum absolute atomic E-state index is 11.5. The summed E-state index contributed by atoms with van der Waals surface area (Å²) in [7, 11) is 0. The average molecular weight is 247 g/mol. The molecule has 2 rings (SSSR count). The number of esters is 1. The normalized spacial score (nSPS) is 15.9. The summed E-state index contributed by atoms with van der Waals surface area (Å²) in [5.74, 6) is 0.0125. The fraction of sp³-hybridized carbons (Fsp3) is 0.429. The van der Waals surface area contributed by atoms with E-state index in [0.29, 0.717) is 30.9 Å². The minimum atomic E-state index is -0.291. The van der Waals surface area contributed by atoms with E-state index in [1.165, 1.54) is 0 Å². The molecule has 4 nitrogen and oxygen atoms in total. The van der Waals surface area contributed by atoms with Crippen molar-refractivity contribution in [3.63, 3.8) is 0 Å². The Morgan fingerprint density at radius 1 is 1.33 bits per heavy atom. The van der Waals surface area contributed by atoms with E-state index in [1.54, 1.807) is 19.1 Å². The van der Waals surface area contributed by atoms with E-state index in [9.17, 15) is 9.59 Å². The quantitative estimate of drug-likeness (QED) is 0.759. The monoisotopic (exact) mass is 247 g/mol. The Labute approximate surface area is 107 Å². The lowest BCUT2D eigenvalue weighted by Crippen LogP contribution is -2.20. The molecule has 1 heterocycles. The Bertz CT molecular complexity index is 439. The van der Waals surface area contributed by atoms with E-state index in [1.807, 2.05) is 12.1 Å². The molecule has 1 aromatic carbocycles. The molecule has 1 saturated heterocycles. The van der Waals surface area contributed by atoms with Crippen LogP contribution in [0.4, 0.5) is 0 Å². The van der Waals surface area contributed by atoms with Gasteiger partial charge in [-0.05, 0) is 24.6 Å².